The predicted molar refractivity (Wildman–Crippen MR) is 157 cm³/mol. The van der Waals surface area contributed by atoms with Crippen LogP contribution in [0.15, 0.2) is 53.5 Å². The van der Waals surface area contributed by atoms with E-state index in [1.54, 1.807) is 11.1 Å². The Hall–Kier alpha value is -3.95. The van der Waals surface area contributed by atoms with Gasteiger partial charge in [-0.1, -0.05) is 30.3 Å². The number of nitrogens with one attached hydrogen (secondary N) is 1. The number of carbonyl (C=O) groups is 1. The second-order valence-electron chi connectivity index (χ2n) is 11.0. The topological polar surface area (TPSA) is 70.1 Å². The largest absolute Gasteiger partial charge is 0.450 e. The van der Waals surface area contributed by atoms with Gasteiger partial charge in [0, 0.05) is 44.3 Å². The molecule has 1 aromatic heterocycles. The fourth-order valence-corrected chi connectivity index (χ4v) is 5.61. The summed E-state index contributed by atoms with van der Waals surface area (Å²) in [5.41, 5.74) is 0.933. The summed E-state index contributed by atoms with van der Waals surface area (Å²) >= 11 is 0. The van der Waals surface area contributed by atoms with Gasteiger partial charge >= 0.3 is 0 Å². The molecule has 3 aromatic carbocycles. The zero-order valence-electron chi connectivity index (χ0n) is 23.2. The van der Waals surface area contributed by atoms with Crippen LogP contribution in [0, 0.1) is 5.82 Å². The third-order valence-corrected chi connectivity index (χ3v) is 7.87. The minimum atomic E-state index is -0.577. The van der Waals surface area contributed by atoms with Crippen LogP contribution < -0.4 is 15.5 Å². The Morgan fingerprint density at radius 1 is 1.02 bits per heavy atom. The number of ether oxygens (including phenoxy) is 1. The summed E-state index contributed by atoms with van der Waals surface area (Å²) in [7, 11) is 6.06. The van der Waals surface area contributed by atoms with Crippen molar-refractivity contribution in [3.8, 4) is 17.2 Å². The van der Waals surface area contributed by atoms with Crippen LogP contribution in [0.25, 0.3) is 27.4 Å². The summed E-state index contributed by atoms with van der Waals surface area (Å²) < 4.78 is 24.1. The minimum Gasteiger partial charge on any atom is -0.450 e. The highest BCUT2D eigenvalue weighted by molar-refractivity contribution is 6.03. The van der Waals surface area contributed by atoms with E-state index in [0.29, 0.717) is 36.6 Å². The van der Waals surface area contributed by atoms with Crippen LogP contribution in [0.1, 0.15) is 23.2 Å². The molecule has 2 aliphatic heterocycles. The highest BCUT2D eigenvalue weighted by Crippen LogP contribution is 2.47. The van der Waals surface area contributed by atoms with Crippen LogP contribution in [0.5, 0.6) is 11.5 Å². The van der Waals surface area contributed by atoms with E-state index in [1.807, 2.05) is 62.1 Å². The molecule has 0 unspecified atom stereocenters. The van der Waals surface area contributed by atoms with Gasteiger partial charge in [0.05, 0.1) is 11.1 Å². The first-order valence-corrected chi connectivity index (χ1v) is 13.8. The lowest BCUT2D eigenvalue weighted by atomic mass is 10.0. The molecule has 9 heteroatoms. The Balaban J connectivity index is 1.51. The molecule has 0 aliphatic carbocycles. The molecule has 1 saturated heterocycles. The molecule has 0 spiro atoms. The molecule has 0 atom stereocenters. The maximum absolute atomic E-state index is 15.8. The smallest absolute Gasteiger partial charge is 0.259 e. The lowest BCUT2D eigenvalue weighted by molar-refractivity contribution is 0.0662. The van der Waals surface area contributed by atoms with E-state index in [-0.39, 0.29) is 28.3 Å². The molecule has 6 rings (SSSR count). The van der Waals surface area contributed by atoms with E-state index in [0.717, 1.165) is 43.2 Å². The van der Waals surface area contributed by atoms with Gasteiger partial charge in [0.2, 0.25) is 5.43 Å². The lowest BCUT2D eigenvalue weighted by Gasteiger charge is -2.33. The molecule has 208 valence electrons. The Labute approximate surface area is 232 Å². The molecule has 4 aromatic rings. The lowest BCUT2D eigenvalue weighted by Crippen LogP contribution is -2.48. The SMILES string of the molecule is CN(C)CCCCNc1c(F)cc2c(=O)c(C(=O)N3CCN(C)CC3)cn3c2c1Oc1c-3ccc2ccccc12. The molecule has 8 nitrogen and oxygen atoms in total. The van der Waals surface area contributed by atoms with Crippen molar-refractivity contribution in [2.75, 3.05) is 65.7 Å². The predicted octanol–water partition coefficient (Wildman–Crippen LogP) is 4.53. The van der Waals surface area contributed by atoms with Gasteiger partial charge in [-0.05, 0) is 58.0 Å². The van der Waals surface area contributed by atoms with Gasteiger partial charge in [-0.15, -0.1) is 0 Å². The molecule has 40 heavy (non-hydrogen) atoms. The number of fused-ring (bicyclic) bond motifs is 4. The molecule has 1 amide bonds. The van der Waals surface area contributed by atoms with Gasteiger partial charge in [0.1, 0.15) is 16.8 Å². The fourth-order valence-electron chi connectivity index (χ4n) is 5.61. The highest BCUT2D eigenvalue weighted by Gasteiger charge is 2.31. The van der Waals surface area contributed by atoms with Gasteiger partial charge in [0.15, 0.2) is 17.3 Å². The summed E-state index contributed by atoms with van der Waals surface area (Å²) in [6.07, 6.45) is 3.42. The number of hydrogen-bond acceptors (Lipinski definition) is 6. The molecule has 0 saturated carbocycles. The first kappa shape index (κ1) is 26.3. The van der Waals surface area contributed by atoms with E-state index >= 15 is 4.39 Å². The maximum Gasteiger partial charge on any atom is 0.259 e. The first-order valence-electron chi connectivity index (χ1n) is 13.8. The van der Waals surface area contributed by atoms with Crippen molar-refractivity contribution in [1.29, 1.82) is 0 Å². The van der Waals surface area contributed by atoms with Crippen molar-refractivity contribution < 1.29 is 13.9 Å². The van der Waals surface area contributed by atoms with Crippen molar-refractivity contribution in [1.82, 2.24) is 19.3 Å². The Kier molecular flexibility index (Phi) is 6.93. The number of carbonyl (C=O) groups excluding carboxylic acids is 1. The summed E-state index contributed by atoms with van der Waals surface area (Å²) in [5.74, 6) is -0.0776. The summed E-state index contributed by atoms with van der Waals surface area (Å²) in [6, 6.07) is 13.0. The van der Waals surface area contributed by atoms with E-state index in [4.69, 9.17) is 4.74 Å². The molecule has 0 bridgehead atoms. The Morgan fingerprint density at radius 3 is 2.58 bits per heavy atom. The van der Waals surface area contributed by atoms with E-state index in [2.05, 4.69) is 15.1 Å². The summed E-state index contributed by atoms with van der Waals surface area (Å²) in [6.45, 7) is 4.03. The van der Waals surface area contributed by atoms with Crippen LogP contribution in [-0.2, 0) is 0 Å². The van der Waals surface area contributed by atoms with Crippen molar-refractivity contribution in [2.45, 2.75) is 12.8 Å². The highest BCUT2D eigenvalue weighted by atomic mass is 19.1. The van der Waals surface area contributed by atoms with E-state index < -0.39 is 11.2 Å². The summed E-state index contributed by atoms with van der Waals surface area (Å²) in [4.78, 5) is 33.3. The van der Waals surface area contributed by atoms with Crippen molar-refractivity contribution in [2.24, 2.45) is 0 Å². The first-order chi connectivity index (χ1) is 19.3. The van der Waals surface area contributed by atoms with Gasteiger partial charge in [-0.25, -0.2) is 4.39 Å². The summed E-state index contributed by atoms with van der Waals surface area (Å²) in [5, 5.41) is 5.21. The zero-order chi connectivity index (χ0) is 28.0. The van der Waals surface area contributed by atoms with Crippen molar-refractivity contribution in [3.05, 3.63) is 70.3 Å². The molecular weight excluding hydrogens is 509 g/mol. The van der Waals surface area contributed by atoms with Crippen LogP contribution >= 0.6 is 0 Å². The second kappa shape index (κ2) is 10.6. The molecular formula is C31H34FN5O3. The maximum atomic E-state index is 15.8. The number of anilines is 1. The minimum absolute atomic E-state index is 0.0350. The normalized spacial score (nSPS) is 15.0. The van der Waals surface area contributed by atoms with Crippen LogP contribution in [0.2, 0.25) is 0 Å². The number of benzene rings is 3. The Bertz CT molecular complexity index is 1670. The van der Waals surface area contributed by atoms with Crippen molar-refractivity contribution in [3.63, 3.8) is 0 Å². The molecule has 1 fully saturated rings. The number of pyridine rings is 1. The van der Waals surface area contributed by atoms with Gasteiger partial charge in [-0.3, -0.25) is 9.59 Å². The monoisotopic (exact) mass is 543 g/mol. The van der Waals surface area contributed by atoms with Crippen molar-refractivity contribution >= 4 is 33.3 Å². The van der Waals surface area contributed by atoms with Gasteiger partial charge < -0.3 is 29.3 Å². The number of rotatable bonds is 7. The number of halogens is 1. The number of nitrogens with zero attached hydrogens (tertiary/aromatic N) is 4. The average molecular weight is 544 g/mol. The van der Waals surface area contributed by atoms with E-state index in [1.165, 1.54) is 6.07 Å². The second-order valence-corrected chi connectivity index (χ2v) is 11.0. The third kappa shape index (κ3) is 4.59. The molecule has 0 radical (unpaired) electrons. The van der Waals surface area contributed by atoms with Crippen LogP contribution in [0.4, 0.5) is 10.1 Å². The van der Waals surface area contributed by atoms with Crippen LogP contribution in [0.3, 0.4) is 0 Å². The number of amides is 1. The number of hydrogen-bond donors (Lipinski definition) is 1. The average Bonchev–Trinajstić information content (AvgIpc) is 2.95. The number of piperazine rings is 1. The molecule has 2 aliphatic rings. The Morgan fingerprint density at radius 2 is 1.80 bits per heavy atom. The number of likely N-dealkylation sites (N-methyl/N-ethyl adjacent to an activating group) is 1. The zero-order valence-corrected chi connectivity index (χ0v) is 23.2. The number of aromatic nitrogens is 1. The quantitative estimate of drug-likeness (QED) is 0.304. The van der Waals surface area contributed by atoms with E-state index in [9.17, 15) is 9.59 Å². The van der Waals surface area contributed by atoms with Crippen LogP contribution in [-0.4, -0.2) is 85.6 Å². The molecule has 3 heterocycles. The molecule has 1 N–H and O–H groups in total. The standard InChI is InChI=1S/C31H34FN5O3/c1-34(2)13-7-6-12-33-26-24(32)18-22-27-30(26)40-29-21-9-5-4-8-20(21)10-11-25(29)37(27)19-23(28(22)38)31(39)36-16-14-35(3)15-17-36/h4-5,8-11,18-19,33H,6-7,12-17H2,1-3H3. The number of unbranched alkanes of at least 4 members (excludes halogenated alkanes) is 1. The van der Waals surface area contributed by atoms with Gasteiger partial charge in [0.25, 0.3) is 5.91 Å². The fraction of sp³-hybridized carbons (Fsp3) is 0.355. The van der Waals surface area contributed by atoms with Gasteiger partial charge in [-0.2, -0.15) is 0 Å². The third-order valence-electron chi connectivity index (χ3n) is 7.87.